The van der Waals surface area contributed by atoms with Crippen molar-refractivity contribution < 1.29 is 9.90 Å². The molecule has 0 radical (unpaired) electrons. The first-order valence-electron chi connectivity index (χ1n) is 5.87. The second-order valence-electron chi connectivity index (χ2n) is 4.42. The lowest BCUT2D eigenvalue weighted by molar-refractivity contribution is 0.0700. The Morgan fingerprint density at radius 1 is 1.39 bits per heavy atom. The average molecular weight is 244 g/mol. The highest BCUT2D eigenvalue weighted by Crippen LogP contribution is 2.17. The third-order valence-electron chi connectivity index (χ3n) is 2.76. The number of amides is 1. The van der Waals surface area contributed by atoms with Gasteiger partial charge >= 0.3 is 0 Å². The van der Waals surface area contributed by atoms with Crippen molar-refractivity contribution in [3.63, 3.8) is 0 Å². The molecular formula is C14H16N2O2. The van der Waals surface area contributed by atoms with Crippen molar-refractivity contribution in [2.75, 3.05) is 13.6 Å². The summed E-state index contributed by atoms with van der Waals surface area (Å²) in [6.07, 6.45) is 1.08. The molecule has 0 fully saturated rings. The predicted octanol–water partition coefficient (Wildman–Crippen LogP) is 1.69. The summed E-state index contributed by atoms with van der Waals surface area (Å²) in [6, 6.07) is 9.51. The molecule has 1 atom stereocenters. The number of aromatic nitrogens is 1. The molecule has 0 aliphatic carbocycles. The normalized spacial score (nSPS) is 12.4. The number of aliphatic hydroxyl groups is 1. The zero-order valence-corrected chi connectivity index (χ0v) is 10.5. The Morgan fingerprint density at radius 2 is 2.11 bits per heavy atom. The quantitative estimate of drug-likeness (QED) is 0.893. The zero-order chi connectivity index (χ0) is 13.1. The average Bonchev–Trinajstić information content (AvgIpc) is 2.36. The van der Waals surface area contributed by atoms with Crippen molar-refractivity contribution in [2.24, 2.45) is 0 Å². The lowest BCUT2D eigenvalue weighted by Gasteiger charge is -2.18. The van der Waals surface area contributed by atoms with Gasteiger partial charge in [-0.15, -0.1) is 0 Å². The lowest BCUT2D eigenvalue weighted by Crippen LogP contribution is -2.33. The highest BCUT2D eigenvalue weighted by molar-refractivity contribution is 6.05. The van der Waals surface area contributed by atoms with Gasteiger partial charge in [-0.1, -0.05) is 24.3 Å². The van der Waals surface area contributed by atoms with Gasteiger partial charge in [0.15, 0.2) is 0 Å². The molecule has 1 unspecified atom stereocenters. The van der Waals surface area contributed by atoms with Crippen molar-refractivity contribution in [3.05, 3.63) is 42.2 Å². The molecule has 2 aromatic rings. The van der Waals surface area contributed by atoms with E-state index in [4.69, 9.17) is 0 Å². The molecule has 94 valence electrons. The minimum Gasteiger partial charge on any atom is -0.392 e. The molecule has 0 aliphatic rings. The van der Waals surface area contributed by atoms with Gasteiger partial charge in [0.2, 0.25) is 0 Å². The Kier molecular flexibility index (Phi) is 3.58. The Balaban J connectivity index is 2.39. The van der Waals surface area contributed by atoms with Crippen molar-refractivity contribution in [3.8, 4) is 0 Å². The second-order valence-corrected chi connectivity index (χ2v) is 4.42. The Morgan fingerprint density at radius 3 is 2.83 bits per heavy atom. The van der Waals surface area contributed by atoms with Crippen molar-refractivity contribution in [2.45, 2.75) is 13.0 Å². The number of aliphatic hydroxyl groups excluding tert-OH is 1. The number of carbonyl (C=O) groups excluding carboxylic acids is 1. The maximum atomic E-state index is 12.2. The van der Waals surface area contributed by atoms with E-state index in [-0.39, 0.29) is 5.91 Å². The van der Waals surface area contributed by atoms with E-state index < -0.39 is 6.10 Å². The number of carbonyl (C=O) groups is 1. The van der Waals surface area contributed by atoms with Gasteiger partial charge in [0, 0.05) is 25.2 Å². The molecule has 0 aliphatic heterocycles. The van der Waals surface area contributed by atoms with Crippen LogP contribution in [0.4, 0.5) is 0 Å². The molecule has 1 heterocycles. The highest BCUT2D eigenvalue weighted by atomic mass is 16.3. The molecule has 18 heavy (non-hydrogen) atoms. The summed E-state index contributed by atoms with van der Waals surface area (Å²) in [7, 11) is 1.67. The molecule has 0 bridgehead atoms. The van der Waals surface area contributed by atoms with Crippen LogP contribution in [0.25, 0.3) is 10.8 Å². The molecule has 1 aromatic heterocycles. The van der Waals surface area contributed by atoms with E-state index in [1.807, 2.05) is 30.3 Å². The van der Waals surface area contributed by atoms with Crippen LogP contribution in [0.1, 0.15) is 17.4 Å². The predicted molar refractivity (Wildman–Crippen MR) is 70.4 cm³/mol. The fourth-order valence-corrected chi connectivity index (χ4v) is 1.95. The highest BCUT2D eigenvalue weighted by Gasteiger charge is 2.16. The smallest absolute Gasteiger partial charge is 0.272 e. The molecular weight excluding hydrogens is 228 g/mol. The van der Waals surface area contributed by atoms with Crippen LogP contribution < -0.4 is 0 Å². The van der Waals surface area contributed by atoms with Gasteiger partial charge in [-0.3, -0.25) is 9.78 Å². The van der Waals surface area contributed by atoms with E-state index in [9.17, 15) is 9.90 Å². The number of likely N-dealkylation sites (N-methyl/N-ethyl adjacent to an activating group) is 1. The van der Waals surface area contributed by atoms with E-state index in [2.05, 4.69) is 4.98 Å². The summed E-state index contributed by atoms with van der Waals surface area (Å²) >= 11 is 0. The number of pyridine rings is 1. The Bertz CT molecular complexity index is 561. The van der Waals surface area contributed by atoms with Crippen LogP contribution >= 0.6 is 0 Å². The SMILES string of the molecule is CC(O)CN(C)C(=O)c1nccc2ccccc12. The number of hydrogen-bond acceptors (Lipinski definition) is 3. The van der Waals surface area contributed by atoms with E-state index >= 15 is 0 Å². The standard InChI is InChI=1S/C14H16N2O2/c1-10(17)9-16(2)14(18)13-12-6-4-3-5-11(12)7-8-15-13/h3-8,10,17H,9H2,1-2H3. The first kappa shape index (κ1) is 12.5. The topological polar surface area (TPSA) is 53.4 Å². The molecule has 4 nitrogen and oxygen atoms in total. The van der Waals surface area contributed by atoms with Crippen LogP contribution in [-0.2, 0) is 0 Å². The summed E-state index contributed by atoms with van der Waals surface area (Å²) in [5, 5.41) is 11.1. The first-order valence-corrected chi connectivity index (χ1v) is 5.87. The summed E-state index contributed by atoms with van der Waals surface area (Å²) in [5.41, 5.74) is 0.427. The molecule has 1 amide bonds. The summed E-state index contributed by atoms with van der Waals surface area (Å²) in [4.78, 5) is 17.9. The molecule has 1 aromatic carbocycles. The largest absolute Gasteiger partial charge is 0.392 e. The van der Waals surface area contributed by atoms with E-state index in [0.29, 0.717) is 12.2 Å². The van der Waals surface area contributed by atoms with Gasteiger partial charge in [-0.05, 0) is 18.4 Å². The summed E-state index contributed by atoms with van der Waals surface area (Å²) < 4.78 is 0. The monoisotopic (exact) mass is 244 g/mol. The van der Waals surface area contributed by atoms with Gasteiger partial charge in [-0.2, -0.15) is 0 Å². The number of rotatable bonds is 3. The van der Waals surface area contributed by atoms with Gasteiger partial charge in [0.1, 0.15) is 5.69 Å². The van der Waals surface area contributed by atoms with Gasteiger partial charge < -0.3 is 10.0 Å². The first-order chi connectivity index (χ1) is 8.59. The van der Waals surface area contributed by atoms with E-state index in [1.165, 1.54) is 4.90 Å². The van der Waals surface area contributed by atoms with Gasteiger partial charge in [0.25, 0.3) is 5.91 Å². The number of nitrogens with zero attached hydrogens (tertiary/aromatic N) is 2. The summed E-state index contributed by atoms with van der Waals surface area (Å²) in [6.45, 7) is 1.95. The Labute approximate surface area is 106 Å². The zero-order valence-electron chi connectivity index (χ0n) is 10.5. The molecule has 0 spiro atoms. The molecule has 0 saturated heterocycles. The summed E-state index contributed by atoms with van der Waals surface area (Å²) in [5.74, 6) is -0.173. The third kappa shape index (κ3) is 2.49. The van der Waals surface area contributed by atoms with Crippen LogP contribution in [0.5, 0.6) is 0 Å². The minimum absolute atomic E-state index is 0.173. The van der Waals surface area contributed by atoms with Gasteiger partial charge in [-0.25, -0.2) is 0 Å². The van der Waals surface area contributed by atoms with Crippen molar-refractivity contribution >= 4 is 16.7 Å². The van der Waals surface area contributed by atoms with E-state index in [1.54, 1.807) is 20.2 Å². The molecule has 4 heteroatoms. The number of fused-ring (bicyclic) bond motifs is 1. The maximum absolute atomic E-state index is 12.2. The van der Waals surface area contributed by atoms with Gasteiger partial charge in [0.05, 0.1) is 6.10 Å². The van der Waals surface area contributed by atoms with E-state index in [0.717, 1.165) is 10.8 Å². The molecule has 0 saturated carbocycles. The number of hydrogen-bond donors (Lipinski definition) is 1. The maximum Gasteiger partial charge on any atom is 0.272 e. The Hall–Kier alpha value is -1.94. The van der Waals surface area contributed by atoms with Crippen molar-refractivity contribution in [1.82, 2.24) is 9.88 Å². The number of benzene rings is 1. The lowest BCUT2D eigenvalue weighted by atomic mass is 10.1. The molecule has 2 rings (SSSR count). The van der Waals surface area contributed by atoms with Crippen LogP contribution in [0, 0.1) is 0 Å². The van der Waals surface area contributed by atoms with Crippen molar-refractivity contribution in [1.29, 1.82) is 0 Å². The third-order valence-corrected chi connectivity index (χ3v) is 2.76. The second kappa shape index (κ2) is 5.14. The fourth-order valence-electron chi connectivity index (χ4n) is 1.95. The molecule has 1 N–H and O–H groups in total. The fraction of sp³-hybridized carbons (Fsp3) is 0.286. The van der Waals surface area contributed by atoms with Crippen LogP contribution in [0.15, 0.2) is 36.5 Å². The van der Waals surface area contributed by atoms with Crippen LogP contribution in [0.2, 0.25) is 0 Å². The minimum atomic E-state index is -0.547. The van der Waals surface area contributed by atoms with Crippen LogP contribution in [-0.4, -0.2) is 40.6 Å². The van der Waals surface area contributed by atoms with Crippen LogP contribution in [0.3, 0.4) is 0 Å².